The Hall–Kier alpha value is -0.440. The molecule has 1 atom stereocenters. The van der Waals surface area contributed by atoms with Gasteiger partial charge in [0.25, 0.3) is 0 Å². The fraction of sp³-hybridized carbons (Fsp3) is 0.800. The monoisotopic (exact) mass is 138 g/mol. The molecule has 0 spiro atoms. The zero-order chi connectivity index (χ0) is 7.82. The van der Waals surface area contributed by atoms with Crippen molar-refractivity contribution in [2.45, 2.75) is 46.5 Å². The summed E-state index contributed by atoms with van der Waals surface area (Å²) in [6, 6.07) is 0. The lowest BCUT2D eigenvalue weighted by Crippen LogP contribution is -1.95. The first-order valence-electron chi connectivity index (χ1n) is 4.24. The molecule has 0 heteroatoms. The molecule has 0 heterocycles. The highest BCUT2D eigenvalue weighted by Gasteiger charge is 2.00. The minimum Gasteiger partial charge on any atom is -0.107 e. The first-order valence-corrected chi connectivity index (χ1v) is 4.24. The first-order chi connectivity index (χ1) is 4.85. The van der Waals surface area contributed by atoms with E-state index in [2.05, 4.69) is 25.7 Å². The zero-order valence-corrected chi connectivity index (χ0v) is 7.41. The highest BCUT2D eigenvalue weighted by molar-refractivity contribution is 4.96. The van der Waals surface area contributed by atoms with Crippen LogP contribution in [0.1, 0.15) is 46.5 Å². The Balaban J connectivity index is 3.45. The molecule has 0 aromatic heterocycles. The van der Waals surface area contributed by atoms with Gasteiger partial charge in [-0.05, 0) is 19.3 Å². The molecule has 0 saturated carbocycles. The van der Waals surface area contributed by atoms with E-state index in [4.69, 9.17) is 0 Å². The van der Waals surface area contributed by atoms with E-state index in [1.165, 1.54) is 19.3 Å². The normalized spacial score (nSPS) is 11.9. The second-order valence-electron chi connectivity index (χ2n) is 2.69. The van der Waals surface area contributed by atoms with Crippen molar-refractivity contribution in [3.63, 3.8) is 0 Å². The molecule has 0 aromatic rings. The number of rotatable bonds is 4. The molecular weight excluding hydrogens is 120 g/mol. The van der Waals surface area contributed by atoms with Crippen molar-refractivity contribution >= 4 is 0 Å². The zero-order valence-electron chi connectivity index (χ0n) is 7.41. The summed E-state index contributed by atoms with van der Waals surface area (Å²) in [4.78, 5) is 0. The average Bonchev–Trinajstić information content (AvgIpc) is 1.98. The SMILES string of the molecule is CC#CCC(CC)CCC. The summed E-state index contributed by atoms with van der Waals surface area (Å²) in [5, 5.41) is 0. The van der Waals surface area contributed by atoms with Gasteiger partial charge in [0, 0.05) is 6.42 Å². The summed E-state index contributed by atoms with van der Waals surface area (Å²) in [7, 11) is 0. The third-order valence-corrected chi connectivity index (χ3v) is 1.84. The van der Waals surface area contributed by atoms with Gasteiger partial charge in [0.1, 0.15) is 0 Å². The number of hydrogen-bond acceptors (Lipinski definition) is 0. The van der Waals surface area contributed by atoms with Crippen molar-refractivity contribution in [3.05, 3.63) is 0 Å². The van der Waals surface area contributed by atoms with Gasteiger partial charge >= 0.3 is 0 Å². The van der Waals surface area contributed by atoms with Crippen molar-refractivity contribution in [1.29, 1.82) is 0 Å². The average molecular weight is 138 g/mol. The van der Waals surface area contributed by atoms with Gasteiger partial charge < -0.3 is 0 Å². The molecule has 0 aliphatic carbocycles. The fourth-order valence-corrected chi connectivity index (χ4v) is 1.11. The predicted octanol–water partition coefficient (Wildman–Crippen LogP) is 3.23. The third-order valence-electron chi connectivity index (χ3n) is 1.84. The topological polar surface area (TPSA) is 0 Å². The second kappa shape index (κ2) is 6.68. The van der Waals surface area contributed by atoms with E-state index in [1.54, 1.807) is 0 Å². The minimum atomic E-state index is 0.845. The van der Waals surface area contributed by atoms with Crippen molar-refractivity contribution in [2.75, 3.05) is 0 Å². The van der Waals surface area contributed by atoms with Crippen LogP contribution in [0.4, 0.5) is 0 Å². The quantitative estimate of drug-likeness (QED) is 0.523. The van der Waals surface area contributed by atoms with E-state index in [9.17, 15) is 0 Å². The van der Waals surface area contributed by atoms with Crippen LogP contribution in [0.2, 0.25) is 0 Å². The van der Waals surface area contributed by atoms with Crippen molar-refractivity contribution in [1.82, 2.24) is 0 Å². The highest BCUT2D eigenvalue weighted by atomic mass is 14.1. The maximum absolute atomic E-state index is 3.13. The van der Waals surface area contributed by atoms with Crippen LogP contribution in [0.3, 0.4) is 0 Å². The van der Waals surface area contributed by atoms with E-state index in [0.29, 0.717) is 0 Å². The summed E-state index contributed by atoms with van der Waals surface area (Å²) in [5.74, 6) is 6.92. The molecule has 1 unspecified atom stereocenters. The van der Waals surface area contributed by atoms with Crippen LogP contribution in [0, 0.1) is 17.8 Å². The van der Waals surface area contributed by atoms with Gasteiger partial charge in [-0.3, -0.25) is 0 Å². The molecule has 0 fully saturated rings. The smallest absolute Gasteiger partial charge is 0.0117 e. The van der Waals surface area contributed by atoms with Gasteiger partial charge in [0.05, 0.1) is 0 Å². The van der Waals surface area contributed by atoms with Crippen LogP contribution < -0.4 is 0 Å². The van der Waals surface area contributed by atoms with Crippen LogP contribution >= 0.6 is 0 Å². The van der Waals surface area contributed by atoms with E-state index < -0.39 is 0 Å². The second-order valence-corrected chi connectivity index (χ2v) is 2.69. The lowest BCUT2D eigenvalue weighted by Gasteiger charge is -2.07. The van der Waals surface area contributed by atoms with Crippen LogP contribution in [0.15, 0.2) is 0 Å². The van der Waals surface area contributed by atoms with Crippen LogP contribution in [-0.2, 0) is 0 Å². The van der Waals surface area contributed by atoms with Gasteiger partial charge in [-0.15, -0.1) is 11.8 Å². The Morgan fingerprint density at radius 2 is 2.00 bits per heavy atom. The van der Waals surface area contributed by atoms with Crippen LogP contribution in [0.25, 0.3) is 0 Å². The summed E-state index contributed by atoms with van der Waals surface area (Å²) in [6.07, 6.45) is 5.01. The van der Waals surface area contributed by atoms with E-state index in [1.807, 2.05) is 6.92 Å². The Morgan fingerprint density at radius 3 is 2.40 bits per heavy atom. The third kappa shape index (κ3) is 4.44. The van der Waals surface area contributed by atoms with Gasteiger partial charge in [0.15, 0.2) is 0 Å². The maximum atomic E-state index is 3.13. The molecule has 0 radical (unpaired) electrons. The standard InChI is InChI=1S/C10H18/c1-4-7-9-10(6-3)8-5-2/h10H,5-6,8-9H2,1-3H3. The summed E-state index contributed by atoms with van der Waals surface area (Å²) in [6.45, 7) is 6.40. The molecule has 0 N–H and O–H groups in total. The van der Waals surface area contributed by atoms with Gasteiger partial charge in [0.2, 0.25) is 0 Å². The van der Waals surface area contributed by atoms with Crippen molar-refractivity contribution in [2.24, 2.45) is 5.92 Å². The molecule has 0 aromatic carbocycles. The molecule has 10 heavy (non-hydrogen) atoms. The molecule has 0 bridgehead atoms. The Kier molecular flexibility index (Phi) is 6.38. The maximum Gasteiger partial charge on any atom is 0.0117 e. The Bertz CT molecular complexity index is 114. The fourth-order valence-electron chi connectivity index (χ4n) is 1.11. The van der Waals surface area contributed by atoms with Crippen molar-refractivity contribution in [3.8, 4) is 11.8 Å². The molecule has 0 amide bonds. The highest BCUT2D eigenvalue weighted by Crippen LogP contribution is 2.13. The molecule has 58 valence electrons. The predicted molar refractivity (Wildman–Crippen MR) is 46.8 cm³/mol. The van der Waals surface area contributed by atoms with Gasteiger partial charge in [-0.1, -0.05) is 26.7 Å². The van der Waals surface area contributed by atoms with Crippen LogP contribution in [0.5, 0.6) is 0 Å². The number of hydrogen-bond donors (Lipinski definition) is 0. The van der Waals surface area contributed by atoms with E-state index in [0.717, 1.165) is 12.3 Å². The minimum absolute atomic E-state index is 0.845. The Labute approximate surface area is 65.0 Å². The lowest BCUT2D eigenvalue weighted by atomic mass is 9.97. The molecule has 0 aliphatic rings. The summed E-state index contributed by atoms with van der Waals surface area (Å²) >= 11 is 0. The first kappa shape index (κ1) is 9.56. The molecular formula is C10H18. The molecule has 0 saturated heterocycles. The Morgan fingerprint density at radius 1 is 1.30 bits per heavy atom. The summed E-state index contributed by atoms with van der Waals surface area (Å²) < 4.78 is 0. The largest absolute Gasteiger partial charge is 0.107 e. The summed E-state index contributed by atoms with van der Waals surface area (Å²) in [5.41, 5.74) is 0. The molecule has 0 aliphatic heterocycles. The lowest BCUT2D eigenvalue weighted by molar-refractivity contribution is 0.476. The van der Waals surface area contributed by atoms with Crippen molar-refractivity contribution < 1.29 is 0 Å². The van der Waals surface area contributed by atoms with E-state index >= 15 is 0 Å². The van der Waals surface area contributed by atoms with E-state index in [-0.39, 0.29) is 0 Å². The van der Waals surface area contributed by atoms with Gasteiger partial charge in [-0.25, -0.2) is 0 Å². The van der Waals surface area contributed by atoms with Gasteiger partial charge in [-0.2, -0.15) is 0 Å². The molecule has 0 rings (SSSR count). The van der Waals surface area contributed by atoms with Crippen LogP contribution in [-0.4, -0.2) is 0 Å². The molecule has 0 nitrogen and oxygen atoms in total.